The van der Waals surface area contributed by atoms with Crippen molar-refractivity contribution in [3.63, 3.8) is 0 Å². The van der Waals surface area contributed by atoms with E-state index in [2.05, 4.69) is 10.6 Å². The molecule has 1 rings (SSSR count). The van der Waals surface area contributed by atoms with Gasteiger partial charge in [0.2, 0.25) is 5.91 Å². The van der Waals surface area contributed by atoms with Crippen molar-refractivity contribution < 1.29 is 19.5 Å². The molecule has 0 bridgehead atoms. The maximum absolute atomic E-state index is 11.9. The average Bonchev–Trinajstić information content (AvgIpc) is 3.13. The summed E-state index contributed by atoms with van der Waals surface area (Å²) < 4.78 is 0. The SMILES string of the molecule is CC(C)N(CC1CC1)C(=O)NCC(=O)NCC(=O)O. The molecule has 0 aliphatic heterocycles. The summed E-state index contributed by atoms with van der Waals surface area (Å²) in [6, 6.07) is -0.213. The van der Waals surface area contributed by atoms with Crippen LogP contribution in [0.4, 0.5) is 4.79 Å². The van der Waals surface area contributed by atoms with E-state index < -0.39 is 18.4 Å². The molecule has 0 aromatic rings. The molecule has 3 N–H and O–H groups in total. The summed E-state index contributed by atoms with van der Waals surface area (Å²) in [6.07, 6.45) is 2.30. The minimum absolute atomic E-state index is 0.0719. The monoisotopic (exact) mass is 271 g/mol. The first kappa shape index (κ1) is 15.3. The predicted molar refractivity (Wildman–Crippen MR) is 68.6 cm³/mol. The van der Waals surface area contributed by atoms with Crippen LogP contribution in [0.15, 0.2) is 0 Å². The third-order valence-electron chi connectivity index (χ3n) is 2.87. The van der Waals surface area contributed by atoms with Gasteiger partial charge in [0.05, 0.1) is 6.54 Å². The van der Waals surface area contributed by atoms with Gasteiger partial charge in [0.1, 0.15) is 6.54 Å². The minimum Gasteiger partial charge on any atom is -0.480 e. The number of carbonyl (C=O) groups excluding carboxylic acids is 2. The summed E-state index contributed by atoms with van der Waals surface area (Å²) in [6.45, 7) is 3.91. The van der Waals surface area contributed by atoms with E-state index in [4.69, 9.17) is 5.11 Å². The molecule has 1 aliphatic carbocycles. The average molecular weight is 271 g/mol. The molecule has 0 aromatic heterocycles. The number of urea groups is 1. The highest BCUT2D eigenvalue weighted by atomic mass is 16.4. The first-order chi connectivity index (χ1) is 8.90. The number of aliphatic carboxylic acids is 1. The van der Waals surface area contributed by atoms with Crippen molar-refractivity contribution in [2.24, 2.45) is 5.92 Å². The smallest absolute Gasteiger partial charge is 0.322 e. The topological polar surface area (TPSA) is 98.7 Å². The van der Waals surface area contributed by atoms with Gasteiger partial charge in [-0.2, -0.15) is 0 Å². The Hall–Kier alpha value is -1.79. The first-order valence-electron chi connectivity index (χ1n) is 6.43. The zero-order chi connectivity index (χ0) is 14.4. The fourth-order valence-electron chi connectivity index (χ4n) is 1.60. The lowest BCUT2D eigenvalue weighted by Gasteiger charge is -2.26. The Balaban J connectivity index is 2.30. The van der Waals surface area contributed by atoms with Gasteiger partial charge in [-0.1, -0.05) is 0 Å². The van der Waals surface area contributed by atoms with Crippen LogP contribution in [0.25, 0.3) is 0 Å². The van der Waals surface area contributed by atoms with E-state index in [1.807, 2.05) is 13.8 Å². The van der Waals surface area contributed by atoms with E-state index in [1.165, 1.54) is 0 Å². The minimum atomic E-state index is -1.11. The van der Waals surface area contributed by atoms with E-state index in [-0.39, 0.29) is 18.6 Å². The Kier molecular flexibility index (Phi) is 5.59. The zero-order valence-corrected chi connectivity index (χ0v) is 11.3. The third kappa shape index (κ3) is 6.08. The van der Waals surface area contributed by atoms with Crippen molar-refractivity contribution in [2.45, 2.75) is 32.7 Å². The molecule has 7 heteroatoms. The molecule has 108 valence electrons. The fourth-order valence-corrected chi connectivity index (χ4v) is 1.60. The number of hydrogen-bond acceptors (Lipinski definition) is 3. The molecule has 0 unspecified atom stereocenters. The van der Waals surface area contributed by atoms with Crippen molar-refractivity contribution in [3.05, 3.63) is 0 Å². The quantitative estimate of drug-likeness (QED) is 0.607. The molecule has 3 amide bonds. The molecule has 0 radical (unpaired) electrons. The molecule has 0 saturated heterocycles. The standard InChI is InChI=1S/C12H21N3O4/c1-8(2)15(7-9-3-4-9)12(19)14-5-10(16)13-6-11(17)18/h8-9H,3-7H2,1-2H3,(H,13,16)(H,14,19)(H,17,18). The summed E-state index contributed by atoms with van der Waals surface area (Å²) in [5, 5.41) is 13.1. The summed E-state index contributed by atoms with van der Waals surface area (Å²) in [7, 11) is 0. The van der Waals surface area contributed by atoms with Crippen molar-refractivity contribution in [2.75, 3.05) is 19.6 Å². The first-order valence-corrected chi connectivity index (χ1v) is 6.43. The van der Waals surface area contributed by atoms with Gasteiger partial charge in [-0.25, -0.2) is 4.79 Å². The Morgan fingerprint density at radius 2 is 1.84 bits per heavy atom. The second kappa shape index (κ2) is 6.96. The Morgan fingerprint density at radius 3 is 2.32 bits per heavy atom. The number of nitrogens with zero attached hydrogens (tertiary/aromatic N) is 1. The van der Waals surface area contributed by atoms with Gasteiger partial charge in [-0.15, -0.1) is 0 Å². The number of nitrogens with one attached hydrogen (secondary N) is 2. The molecule has 0 atom stereocenters. The predicted octanol–water partition coefficient (Wildman–Crippen LogP) is 0.0172. The van der Waals surface area contributed by atoms with E-state index in [0.717, 1.165) is 12.8 Å². The van der Waals surface area contributed by atoms with E-state index >= 15 is 0 Å². The van der Waals surface area contributed by atoms with E-state index in [1.54, 1.807) is 4.90 Å². The number of carboxylic acids is 1. The molecule has 0 heterocycles. The number of rotatable bonds is 7. The maximum atomic E-state index is 11.9. The lowest BCUT2D eigenvalue weighted by molar-refractivity contribution is -0.137. The van der Waals surface area contributed by atoms with Gasteiger partial charge in [0, 0.05) is 12.6 Å². The van der Waals surface area contributed by atoms with Gasteiger partial charge < -0.3 is 20.6 Å². The van der Waals surface area contributed by atoms with Gasteiger partial charge in [-0.05, 0) is 32.6 Å². The second-order valence-electron chi connectivity index (χ2n) is 5.02. The van der Waals surface area contributed by atoms with Crippen molar-refractivity contribution in [3.8, 4) is 0 Å². The highest BCUT2D eigenvalue weighted by molar-refractivity contribution is 5.86. The van der Waals surface area contributed by atoms with Crippen molar-refractivity contribution in [1.82, 2.24) is 15.5 Å². The molecule has 1 fully saturated rings. The van der Waals surface area contributed by atoms with Crippen LogP contribution in [0.2, 0.25) is 0 Å². The Labute approximate surface area is 112 Å². The van der Waals surface area contributed by atoms with Crippen molar-refractivity contribution in [1.29, 1.82) is 0 Å². The van der Waals surface area contributed by atoms with Crippen LogP contribution in [-0.2, 0) is 9.59 Å². The molecular formula is C12H21N3O4. The summed E-state index contributed by atoms with van der Waals surface area (Å²) in [4.78, 5) is 35.1. The number of amides is 3. The van der Waals surface area contributed by atoms with Crippen LogP contribution in [-0.4, -0.2) is 53.6 Å². The number of hydrogen-bond donors (Lipinski definition) is 3. The summed E-state index contributed by atoms with van der Waals surface area (Å²) in [5.74, 6) is -1.04. The molecule has 0 aromatic carbocycles. The Morgan fingerprint density at radius 1 is 1.21 bits per heavy atom. The van der Waals surface area contributed by atoms with Crippen LogP contribution >= 0.6 is 0 Å². The van der Waals surface area contributed by atoms with Crippen LogP contribution in [0.3, 0.4) is 0 Å². The summed E-state index contributed by atoms with van der Waals surface area (Å²) >= 11 is 0. The molecule has 7 nitrogen and oxygen atoms in total. The molecule has 0 spiro atoms. The normalized spacial score (nSPS) is 14.1. The van der Waals surface area contributed by atoms with E-state index in [0.29, 0.717) is 12.5 Å². The lowest BCUT2D eigenvalue weighted by Crippen LogP contribution is -2.48. The van der Waals surface area contributed by atoms with Gasteiger partial charge in [0.25, 0.3) is 0 Å². The van der Waals surface area contributed by atoms with Gasteiger partial charge >= 0.3 is 12.0 Å². The maximum Gasteiger partial charge on any atom is 0.322 e. The second-order valence-corrected chi connectivity index (χ2v) is 5.02. The molecular weight excluding hydrogens is 250 g/mol. The fraction of sp³-hybridized carbons (Fsp3) is 0.750. The highest BCUT2D eigenvalue weighted by Gasteiger charge is 2.28. The van der Waals surface area contributed by atoms with Crippen LogP contribution < -0.4 is 10.6 Å². The summed E-state index contributed by atoms with van der Waals surface area (Å²) in [5.41, 5.74) is 0. The lowest BCUT2D eigenvalue weighted by atomic mass is 10.3. The zero-order valence-electron chi connectivity index (χ0n) is 11.3. The Bertz CT molecular complexity index is 353. The highest BCUT2D eigenvalue weighted by Crippen LogP contribution is 2.30. The van der Waals surface area contributed by atoms with Gasteiger partial charge in [0.15, 0.2) is 0 Å². The molecule has 1 aliphatic rings. The van der Waals surface area contributed by atoms with Crippen LogP contribution in [0, 0.1) is 5.92 Å². The van der Waals surface area contributed by atoms with Gasteiger partial charge in [-0.3, -0.25) is 9.59 Å². The van der Waals surface area contributed by atoms with Crippen LogP contribution in [0.1, 0.15) is 26.7 Å². The molecule has 1 saturated carbocycles. The van der Waals surface area contributed by atoms with Crippen LogP contribution in [0.5, 0.6) is 0 Å². The number of carboxylic acid groups (broad SMARTS) is 1. The third-order valence-corrected chi connectivity index (χ3v) is 2.87. The van der Waals surface area contributed by atoms with Crippen molar-refractivity contribution >= 4 is 17.9 Å². The largest absolute Gasteiger partial charge is 0.480 e. The molecule has 19 heavy (non-hydrogen) atoms. The van der Waals surface area contributed by atoms with E-state index in [9.17, 15) is 14.4 Å². The number of carbonyl (C=O) groups is 3.